The zero-order valence-electron chi connectivity index (χ0n) is 14.9. The Hall–Kier alpha value is -1.72. The van der Waals surface area contributed by atoms with Gasteiger partial charge in [-0.1, -0.05) is 30.7 Å². The van der Waals surface area contributed by atoms with Gasteiger partial charge >= 0.3 is 0 Å². The standard InChI is InChI=1S/C19H26N2O2S/c1-5-11-21(12-9-18-8-6-7-10-20-18)24(22,23)19-16(3)13-15(2)14-17(19)4/h6-8,10,13-14H,5,9,11-12H2,1-4H3. The summed E-state index contributed by atoms with van der Waals surface area (Å²) in [7, 11) is -3.51. The van der Waals surface area contributed by atoms with Crippen LogP contribution in [0.5, 0.6) is 0 Å². The van der Waals surface area contributed by atoms with E-state index in [0.717, 1.165) is 28.8 Å². The maximum absolute atomic E-state index is 13.2. The zero-order chi connectivity index (χ0) is 17.7. The summed E-state index contributed by atoms with van der Waals surface area (Å²) in [5.41, 5.74) is 3.61. The number of aromatic nitrogens is 1. The van der Waals surface area contributed by atoms with E-state index in [0.29, 0.717) is 24.4 Å². The molecule has 130 valence electrons. The van der Waals surface area contributed by atoms with Gasteiger partial charge in [0.25, 0.3) is 0 Å². The Morgan fingerprint density at radius 1 is 1.04 bits per heavy atom. The molecule has 4 nitrogen and oxygen atoms in total. The third-order valence-corrected chi connectivity index (χ3v) is 6.22. The molecular formula is C19H26N2O2S. The molecule has 1 aromatic carbocycles. The molecule has 0 saturated heterocycles. The van der Waals surface area contributed by atoms with Crippen molar-refractivity contribution in [3.05, 3.63) is 58.9 Å². The Balaban J connectivity index is 2.32. The number of hydrogen-bond acceptors (Lipinski definition) is 3. The highest BCUT2D eigenvalue weighted by Gasteiger charge is 2.27. The van der Waals surface area contributed by atoms with E-state index in [4.69, 9.17) is 0 Å². The van der Waals surface area contributed by atoms with Crippen LogP contribution in [0.4, 0.5) is 0 Å². The van der Waals surface area contributed by atoms with Gasteiger partial charge in [0, 0.05) is 31.4 Å². The van der Waals surface area contributed by atoms with Crippen molar-refractivity contribution in [3.63, 3.8) is 0 Å². The average Bonchev–Trinajstić information content (AvgIpc) is 2.51. The van der Waals surface area contributed by atoms with Crippen LogP contribution in [0.2, 0.25) is 0 Å². The quantitative estimate of drug-likeness (QED) is 0.769. The van der Waals surface area contributed by atoms with Crippen LogP contribution in [0.15, 0.2) is 41.4 Å². The van der Waals surface area contributed by atoms with Crippen LogP contribution in [0.3, 0.4) is 0 Å². The summed E-state index contributed by atoms with van der Waals surface area (Å²) in [6.45, 7) is 8.69. The molecule has 0 spiro atoms. The molecule has 1 aromatic heterocycles. The molecule has 5 heteroatoms. The van der Waals surface area contributed by atoms with Crippen LogP contribution < -0.4 is 0 Å². The molecule has 0 aliphatic heterocycles. The molecule has 0 unspecified atom stereocenters. The Morgan fingerprint density at radius 3 is 2.25 bits per heavy atom. The fourth-order valence-electron chi connectivity index (χ4n) is 3.09. The number of nitrogens with zero attached hydrogens (tertiary/aromatic N) is 2. The molecular weight excluding hydrogens is 320 g/mol. The lowest BCUT2D eigenvalue weighted by Crippen LogP contribution is -2.34. The minimum absolute atomic E-state index is 0.444. The molecule has 1 heterocycles. The summed E-state index contributed by atoms with van der Waals surface area (Å²) in [4.78, 5) is 4.74. The molecule has 0 aliphatic carbocycles. The number of hydrogen-bond donors (Lipinski definition) is 0. The molecule has 2 rings (SSSR count). The van der Waals surface area contributed by atoms with Crippen molar-refractivity contribution in [2.45, 2.75) is 45.4 Å². The second-order valence-corrected chi connectivity index (χ2v) is 8.08. The van der Waals surface area contributed by atoms with Crippen molar-refractivity contribution >= 4 is 10.0 Å². The minimum Gasteiger partial charge on any atom is -0.261 e. The van der Waals surface area contributed by atoms with E-state index in [-0.39, 0.29) is 0 Å². The van der Waals surface area contributed by atoms with Gasteiger partial charge in [-0.25, -0.2) is 8.42 Å². The monoisotopic (exact) mass is 346 g/mol. The summed E-state index contributed by atoms with van der Waals surface area (Å²) >= 11 is 0. The molecule has 0 amide bonds. The second-order valence-electron chi connectivity index (χ2n) is 6.20. The van der Waals surface area contributed by atoms with Crippen molar-refractivity contribution in [1.29, 1.82) is 0 Å². The van der Waals surface area contributed by atoms with Gasteiger partial charge in [-0.2, -0.15) is 4.31 Å². The fraction of sp³-hybridized carbons (Fsp3) is 0.421. The van der Waals surface area contributed by atoms with Gasteiger partial charge in [0.05, 0.1) is 4.90 Å². The Labute approximate surface area is 145 Å². The van der Waals surface area contributed by atoms with Crippen molar-refractivity contribution in [3.8, 4) is 0 Å². The summed E-state index contributed by atoms with van der Waals surface area (Å²) < 4.78 is 28.0. The normalized spacial score (nSPS) is 11.9. The van der Waals surface area contributed by atoms with Crippen molar-refractivity contribution in [1.82, 2.24) is 9.29 Å². The number of sulfonamides is 1. The third kappa shape index (κ3) is 4.22. The number of aryl methyl sites for hydroxylation is 3. The molecule has 0 N–H and O–H groups in total. The summed E-state index contributed by atoms with van der Waals surface area (Å²) in [5.74, 6) is 0. The SMILES string of the molecule is CCCN(CCc1ccccn1)S(=O)(=O)c1c(C)cc(C)cc1C. The molecule has 0 fully saturated rings. The molecule has 0 radical (unpaired) electrons. The Bertz CT molecular complexity index is 763. The Kier molecular flexibility index (Phi) is 6.13. The highest BCUT2D eigenvalue weighted by Crippen LogP contribution is 2.25. The summed E-state index contributed by atoms with van der Waals surface area (Å²) in [6, 6.07) is 9.59. The van der Waals surface area contributed by atoms with E-state index in [1.54, 1.807) is 10.5 Å². The van der Waals surface area contributed by atoms with Crippen LogP contribution in [0, 0.1) is 20.8 Å². The lowest BCUT2D eigenvalue weighted by Gasteiger charge is -2.24. The highest BCUT2D eigenvalue weighted by atomic mass is 32.2. The van der Waals surface area contributed by atoms with E-state index >= 15 is 0 Å². The zero-order valence-corrected chi connectivity index (χ0v) is 15.7. The summed E-state index contributed by atoms with van der Waals surface area (Å²) in [5, 5.41) is 0. The topological polar surface area (TPSA) is 50.3 Å². The van der Waals surface area contributed by atoms with Gasteiger partial charge in [-0.3, -0.25) is 4.98 Å². The molecule has 0 bridgehead atoms. The van der Waals surface area contributed by atoms with Crippen LogP contribution in [-0.2, 0) is 16.4 Å². The van der Waals surface area contributed by atoms with Gasteiger partial charge in [-0.05, 0) is 50.5 Å². The van der Waals surface area contributed by atoms with Gasteiger partial charge in [0.2, 0.25) is 10.0 Å². The van der Waals surface area contributed by atoms with Crippen molar-refractivity contribution < 1.29 is 8.42 Å². The first kappa shape index (κ1) is 18.6. The van der Waals surface area contributed by atoms with Crippen molar-refractivity contribution in [2.75, 3.05) is 13.1 Å². The fourth-order valence-corrected chi connectivity index (χ4v) is 5.03. The van der Waals surface area contributed by atoms with E-state index in [1.165, 1.54) is 0 Å². The minimum atomic E-state index is -3.51. The molecule has 0 saturated carbocycles. The smallest absolute Gasteiger partial charge is 0.243 e. The number of benzene rings is 1. The molecule has 24 heavy (non-hydrogen) atoms. The molecule has 0 aliphatic rings. The van der Waals surface area contributed by atoms with Crippen LogP contribution in [0.25, 0.3) is 0 Å². The largest absolute Gasteiger partial charge is 0.261 e. The van der Waals surface area contributed by atoms with Gasteiger partial charge in [0.15, 0.2) is 0 Å². The predicted octanol–water partition coefficient (Wildman–Crippen LogP) is 3.65. The van der Waals surface area contributed by atoms with Crippen LogP contribution >= 0.6 is 0 Å². The maximum atomic E-state index is 13.2. The van der Waals surface area contributed by atoms with Crippen molar-refractivity contribution in [2.24, 2.45) is 0 Å². The average molecular weight is 346 g/mol. The van der Waals surface area contributed by atoms with E-state index in [2.05, 4.69) is 4.98 Å². The summed E-state index contributed by atoms with van der Waals surface area (Å²) in [6.07, 6.45) is 3.14. The van der Waals surface area contributed by atoms with E-state index < -0.39 is 10.0 Å². The third-order valence-electron chi connectivity index (χ3n) is 4.02. The van der Waals surface area contributed by atoms with Crippen LogP contribution in [-0.4, -0.2) is 30.8 Å². The highest BCUT2D eigenvalue weighted by molar-refractivity contribution is 7.89. The second kappa shape index (κ2) is 7.90. The lowest BCUT2D eigenvalue weighted by molar-refractivity contribution is 0.411. The molecule has 0 atom stereocenters. The number of pyridine rings is 1. The first-order chi connectivity index (χ1) is 11.4. The number of rotatable bonds is 7. The first-order valence-electron chi connectivity index (χ1n) is 8.34. The Morgan fingerprint density at radius 2 is 1.71 bits per heavy atom. The lowest BCUT2D eigenvalue weighted by atomic mass is 10.1. The van der Waals surface area contributed by atoms with Gasteiger partial charge < -0.3 is 0 Å². The maximum Gasteiger partial charge on any atom is 0.243 e. The molecule has 2 aromatic rings. The predicted molar refractivity (Wildman–Crippen MR) is 97.6 cm³/mol. The van der Waals surface area contributed by atoms with E-state index in [9.17, 15) is 8.42 Å². The van der Waals surface area contributed by atoms with Gasteiger partial charge in [-0.15, -0.1) is 0 Å². The van der Waals surface area contributed by atoms with E-state index in [1.807, 2.05) is 58.0 Å². The van der Waals surface area contributed by atoms with Gasteiger partial charge in [0.1, 0.15) is 0 Å². The first-order valence-corrected chi connectivity index (χ1v) is 9.78. The van der Waals surface area contributed by atoms with Crippen LogP contribution in [0.1, 0.15) is 35.7 Å².